The van der Waals surface area contributed by atoms with Gasteiger partial charge in [0.1, 0.15) is 11.5 Å². The molecule has 0 radical (unpaired) electrons. The van der Waals surface area contributed by atoms with Crippen LogP contribution in [0.5, 0.6) is 11.5 Å². The maximum absolute atomic E-state index is 13.1. The number of hydrogen-bond acceptors (Lipinski definition) is 5. The highest BCUT2D eigenvalue weighted by atomic mass is 19.3. The van der Waals surface area contributed by atoms with Gasteiger partial charge in [0, 0.05) is 12.5 Å². The summed E-state index contributed by atoms with van der Waals surface area (Å²) in [6.07, 6.45) is -2.97. The van der Waals surface area contributed by atoms with Crippen LogP contribution in [0.4, 0.5) is 8.78 Å². The molecule has 1 aliphatic heterocycles. The second-order valence-corrected chi connectivity index (χ2v) is 5.82. The molecular formula is C17H16F2N2O4. The van der Waals surface area contributed by atoms with Gasteiger partial charge in [-0.15, -0.1) is 8.78 Å². The van der Waals surface area contributed by atoms with Crippen molar-refractivity contribution < 1.29 is 23.0 Å². The van der Waals surface area contributed by atoms with Gasteiger partial charge >= 0.3 is 6.29 Å². The number of carbonyl (C=O) groups is 1. The number of nitrogens with zero attached hydrogens (tertiary/aromatic N) is 1. The topological polar surface area (TPSA) is 81.3 Å². The van der Waals surface area contributed by atoms with E-state index in [2.05, 4.69) is 19.4 Å². The number of rotatable bonds is 5. The smallest absolute Gasteiger partial charge is 0.395 e. The molecule has 25 heavy (non-hydrogen) atoms. The van der Waals surface area contributed by atoms with Crippen LogP contribution in [0.3, 0.4) is 0 Å². The third-order valence-electron chi connectivity index (χ3n) is 3.97. The molecule has 0 fully saturated rings. The second kappa shape index (κ2) is 6.27. The molecule has 2 aromatic rings. The number of ketones is 1. The van der Waals surface area contributed by atoms with Crippen molar-refractivity contribution in [2.45, 2.75) is 38.9 Å². The molecule has 0 saturated heterocycles. The Morgan fingerprint density at radius 2 is 2.00 bits per heavy atom. The molecule has 0 amide bonds. The fraction of sp³-hybridized carbons (Fsp3) is 0.353. The van der Waals surface area contributed by atoms with Crippen molar-refractivity contribution in [3.63, 3.8) is 0 Å². The average molecular weight is 350 g/mol. The van der Waals surface area contributed by atoms with E-state index in [-0.39, 0.29) is 35.3 Å². The van der Waals surface area contributed by atoms with Crippen molar-refractivity contribution >= 4 is 5.78 Å². The van der Waals surface area contributed by atoms with Crippen LogP contribution < -0.4 is 15.0 Å². The number of aromatic nitrogens is 2. The maximum atomic E-state index is 13.1. The van der Waals surface area contributed by atoms with Gasteiger partial charge < -0.3 is 14.5 Å². The number of benzene rings is 1. The minimum atomic E-state index is -3.68. The van der Waals surface area contributed by atoms with E-state index >= 15 is 0 Å². The lowest BCUT2D eigenvalue weighted by molar-refractivity contribution is -0.286. The SMILES string of the molecule is CC[C@@H](CC(=O)c1cc(=O)[nH]c(C)n1)c1ccc2c(c1)OC(F)(F)O2. The van der Waals surface area contributed by atoms with Crippen molar-refractivity contribution in [3.05, 3.63) is 51.7 Å². The Labute approximate surface area is 141 Å². The van der Waals surface area contributed by atoms with Crippen molar-refractivity contribution in [2.75, 3.05) is 0 Å². The van der Waals surface area contributed by atoms with E-state index in [4.69, 9.17) is 0 Å². The predicted molar refractivity (Wildman–Crippen MR) is 84.2 cm³/mol. The summed E-state index contributed by atoms with van der Waals surface area (Å²) >= 11 is 0. The number of ether oxygens (including phenoxy) is 2. The normalized spacial score (nSPS) is 15.8. The molecule has 8 heteroatoms. The molecule has 3 rings (SSSR count). The lowest BCUT2D eigenvalue weighted by Gasteiger charge is -2.15. The van der Waals surface area contributed by atoms with Gasteiger partial charge in [0.2, 0.25) is 0 Å². The van der Waals surface area contributed by atoms with E-state index in [0.717, 1.165) is 6.07 Å². The molecule has 1 aromatic carbocycles. The first-order valence-corrected chi connectivity index (χ1v) is 7.78. The molecule has 0 bridgehead atoms. The highest BCUT2D eigenvalue weighted by Crippen LogP contribution is 2.43. The van der Waals surface area contributed by atoms with Gasteiger partial charge in [0.15, 0.2) is 17.3 Å². The number of aryl methyl sites for hydroxylation is 1. The van der Waals surface area contributed by atoms with E-state index in [9.17, 15) is 18.4 Å². The molecule has 1 atom stereocenters. The van der Waals surface area contributed by atoms with Crippen molar-refractivity contribution in [3.8, 4) is 11.5 Å². The van der Waals surface area contributed by atoms with Crippen molar-refractivity contribution in [2.24, 2.45) is 0 Å². The van der Waals surface area contributed by atoms with E-state index < -0.39 is 11.9 Å². The Morgan fingerprint density at radius 3 is 2.68 bits per heavy atom. The maximum Gasteiger partial charge on any atom is 0.586 e. The summed E-state index contributed by atoms with van der Waals surface area (Å²) < 4.78 is 35.1. The monoisotopic (exact) mass is 350 g/mol. The van der Waals surface area contributed by atoms with Gasteiger partial charge in [-0.25, -0.2) is 4.98 Å². The van der Waals surface area contributed by atoms with Crippen LogP contribution in [0.1, 0.15) is 47.6 Å². The van der Waals surface area contributed by atoms with Crippen LogP contribution >= 0.6 is 0 Å². The molecule has 1 aromatic heterocycles. The van der Waals surface area contributed by atoms with Gasteiger partial charge in [-0.3, -0.25) is 9.59 Å². The van der Waals surface area contributed by atoms with E-state index in [0.29, 0.717) is 17.8 Å². The van der Waals surface area contributed by atoms with Gasteiger partial charge in [0.05, 0.1) is 0 Å². The molecule has 1 N–H and O–H groups in total. The molecule has 0 saturated carbocycles. The van der Waals surface area contributed by atoms with Crippen LogP contribution in [0.2, 0.25) is 0 Å². The van der Waals surface area contributed by atoms with Crippen LogP contribution in [0, 0.1) is 6.92 Å². The molecule has 2 heterocycles. The summed E-state index contributed by atoms with van der Waals surface area (Å²) in [7, 11) is 0. The summed E-state index contributed by atoms with van der Waals surface area (Å²) in [6, 6.07) is 5.63. The molecule has 6 nitrogen and oxygen atoms in total. The van der Waals surface area contributed by atoms with Crippen molar-refractivity contribution in [1.82, 2.24) is 9.97 Å². The summed E-state index contributed by atoms with van der Waals surface area (Å²) in [5.74, 6) is -0.254. The molecule has 132 valence electrons. The highest BCUT2D eigenvalue weighted by Gasteiger charge is 2.43. The highest BCUT2D eigenvalue weighted by molar-refractivity contribution is 5.94. The van der Waals surface area contributed by atoms with Crippen molar-refractivity contribution in [1.29, 1.82) is 0 Å². The average Bonchev–Trinajstić information content (AvgIpc) is 2.84. The first kappa shape index (κ1) is 17.1. The van der Waals surface area contributed by atoms with Crippen LogP contribution in [0.15, 0.2) is 29.1 Å². The summed E-state index contributed by atoms with van der Waals surface area (Å²) in [4.78, 5) is 30.4. The van der Waals surface area contributed by atoms with Crippen LogP contribution in [-0.4, -0.2) is 22.0 Å². The minimum Gasteiger partial charge on any atom is -0.395 e. The lowest BCUT2D eigenvalue weighted by Crippen LogP contribution is -2.25. The first-order valence-electron chi connectivity index (χ1n) is 7.78. The van der Waals surface area contributed by atoms with Gasteiger partial charge in [-0.2, -0.15) is 0 Å². The van der Waals surface area contributed by atoms with Crippen LogP contribution in [0.25, 0.3) is 0 Å². The minimum absolute atomic E-state index is 0.0400. The van der Waals surface area contributed by atoms with E-state index in [1.165, 1.54) is 12.1 Å². The molecule has 1 aliphatic rings. The zero-order valence-electron chi connectivity index (χ0n) is 13.6. The number of H-pyrrole nitrogens is 1. The van der Waals surface area contributed by atoms with Gasteiger partial charge in [0.25, 0.3) is 5.56 Å². The van der Waals surface area contributed by atoms with Gasteiger partial charge in [-0.05, 0) is 37.0 Å². The Balaban J connectivity index is 1.82. The van der Waals surface area contributed by atoms with Crippen LogP contribution in [-0.2, 0) is 0 Å². The Kier molecular flexibility index (Phi) is 4.28. The number of nitrogens with one attached hydrogen (secondary N) is 1. The number of aromatic amines is 1. The Morgan fingerprint density at radius 1 is 1.28 bits per heavy atom. The Hall–Kier alpha value is -2.77. The number of alkyl halides is 2. The summed E-state index contributed by atoms with van der Waals surface area (Å²) in [5, 5.41) is 0. The number of fused-ring (bicyclic) bond motifs is 1. The molecule has 0 aliphatic carbocycles. The number of Topliss-reactive ketones (excluding diaryl/α,β-unsaturated/α-hetero) is 1. The van der Waals surface area contributed by atoms with Gasteiger partial charge in [-0.1, -0.05) is 13.0 Å². The number of carbonyl (C=O) groups excluding carboxylic acids is 1. The second-order valence-electron chi connectivity index (χ2n) is 5.82. The number of hydrogen-bond donors (Lipinski definition) is 1. The fourth-order valence-corrected chi connectivity index (χ4v) is 2.77. The third-order valence-corrected chi connectivity index (χ3v) is 3.97. The molecular weight excluding hydrogens is 334 g/mol. The molecule has 0 spiro atoms. The summed E-state index contributed by atoms with van der Waals surface area (Å²) in [6.45, 7) is 3.47. The fourth-order valence-electron chi connectivity index (χ4n) is 2.77. The largest absolute Gasteiger partial charge is 0.586 e. The molecule has 0 unspecified atom stereocenters. The predicted octanol–water partition coefficient (Wildman–Crippen LogP) is 3.17. The van der Waals surface area contributed by atoms with E-state index in [1.807, 2.05) is 6.92 Å². The number of halogens is 2. The zero-order valence-corrected chi connectivity index (χ0v) is 13.6. The Bertz CT molecular complexity index is 879. The van der Waals surface area contributed by atoms with E-state index in [1.54, 1.807) is 13.0 Å². The quantitative estimate of drug-likeness (QED) is 0.838. The standard InChI is InChI=1S/C17H16F2N2O4/c1-3-10(6-13(22)12-8-16(23)21-9(2)20-12)11-4-5-14-15(7-11)25-17(18,19)24-14/h4-5,7-8,10H,3,6H2,1-2H3,(H,20,21,23)/t10-/m0/s1. The zero-order chi connectivity index (χ0) is 18.2. The first-order chi connectivity index (χ1) is 11.8. The summed E-state index contributed by atoms with van der Waals surface area (Å²) in [5.41, 5.74) is 0.374. The third kappa shape index (κ3) is 3.67. The lowest BCUT2D eigenvalue weighted by atomic mass is 9.90.